The SMILES string of the molecule is CCC[C@@H](Cc1cccc(C2(c3c(C(F)(F)F)c4ccccc4n(C)c3=O)CC2)c1)C(=O)O. The van der Waals surface area contributed by atoms with E-state index in [-0.39, 0.29) is 16.5 Å². The van der Waals surface area contributed by atoms with Crippen LogP contribution in [-0.2, 0) is 29.9 Å². The van der Waals surface area contributed by atoms with E-state index in [0.717, 1.165) is 12.0 Å². The van der Waals surface area contributed by atoms with Gasteiger partial charge in [0, 0.05) is 23.4 Å². The summed E-state index contributed by atoms with van der Waals surface area (Å²) in [5.74, 6) is -1.44. The summed E-state index contributed by atoms with van der Waals surface area (Å²) in [6, 6.07) is 13.2. The summed E-state index contributed by atoms with van der Waals surface area (Å²) in [5, 5.41) is 9.52. The molecule has 0 aliphatic heterocycles. The maximum Gasteiger partial charge on any atom is 0.417 e. The number of carboxylic acid groups (broad SMARTS) is 1. The number of aryl methyl sites for hydroxylation is 1. The molecule has 2 aromatic carbocycles. The number of halogens is 3. The van der Waals surface area contributed by atoms with Gasteiger partial charge in [-0.05, 0) is 42.9 Å². The van der Waals surface area contributed by atoms with Crippen molar-refractivity contribution in [2.75, 3.05) is 0 Å². The van der Waals surface area contributed by atoms with Crippen LogP contribution >= 0.6 is 0 Å². The van der Waals surface area contributed by atoms with Gasteiger partial charge in [0.25, 0.3) is 5.56 Å². The van der Waals surface area contributed by atoms with Gasteiger partial charge in [0.15, 0.2) is 0 Å². The molecule has 7 heteroatoms. The lowest BCUT2D eigenvalue weighted by Crippen LogP contribution is -2.32. The van der Waals surface area contributed by atoms with E-state index in [9.17, 15) is 27.9 Å². The number of hydrogen-bond acceptors (Lipinski definition) is 2. The van der Waals surface area contributed by atoms with Crippen LogP contribution in [0.5, 0.6) is 0 Å². The van der Waals surface area contributed by atoms with E-state index in [4.69, 9.17) is 0 Å². The zero-order valence-corrected chi connectivity index (χ0v) is 18.6. The Hall–Kier alpha value is -3.09. The fourth-order valence-corrected chi connectivity index (χ4v) is 4.98. The lowest BCUT2D eigenvalue weighted by molar-refractivity contribution is -0.142. The third kappa shape index (κ3) is 4.05. The summed E-state index contributed by atoms with van der Waals surface area (Å²) >= 11 is 0. The molecule has 1 atom stereocenters. The van der Waals surface area contributed by atoms with E-state index in [2.05, 4.69) is 0 Å². The highest BCUT2D eigenvalue weighted by molar-refractivity contribution is 5.85. The highest BCUT2D eigenvalue weighted by Crippen LogP contribution is 2.56. The minimum Gasteiger partial charge on any atom is -0.481 e. The first-order valence-corrected chi connectivity index (χ1v) is 11.1. The minimum absolute atomic E-state index is 0.0124. The Bertz CT molecular complexity index is 1270. The number of carboxylic acids is 1. The van der Waals surface area contributed by atoms with Crippen molar-refractivity contribution < 1.29 is 23.1 Å². The fraction of sp³-hybridized carbons (Fsp3) is 0.385. The average molecular weight is 457 g/mol. The van der Waals surface area contributed by atoms with Crippen molar-refractivity contribution in [1.82, 2.24) is 4.57 Å². The summed E-state index contributed by atoms with van der Waals surface area (Å²) in [6.07, 6.45) is -2.27. The zero-order chi connectivity index (χ0) is 24.0. The van der Waals surface area contributed by atoms with E-state index >= 15 is 0 Å². The molecular weight excluding hydrogens is 431 g/mol. The Morgan fingerprint density at radius 2 is 1.85 bits per heavy atom. The van der Waals surface area contributed by atoms with Gasteiger partial charge in [0.1, 0.15) is 0 Å². The molecule has 1 aliphatic rings. The third-order valence-corrected chi connectivity index (χ3v) is 6.76. The second kappa shape index (κ2) is 8.36. The number of aromatic nitrogens is 1. The predicted molar refractivity (Wildman–Crippen MR) is 120 cm³/mol. The van der Waals surface area contributed by atoms with Crippen molar-refractivity contribution in [1.29, 1.82) is 0 Å². The van der Waals surface area contributed by atoms with Crippen molar-refractivity contribution in [2.24, 2.45) is 13.0 Å². The van der Waals surface area contributed by atoms with E-state index in [0.29, 0.717) is 31.2 Å². The van der Waals surface area contributed by atoms with Crippen LogP contribution in [-0.4, -0.2) is 15.6 Å². The molecule has 33 heavy (non-hydrogen) atoms. The Labute approximate surface area is 189 Å². The van der Waals surface area contributed by atoms with E-state index in [1.165, 1.54) is 23.7 Å². The third-order valence-electron chi connectivity index (χ3n) is 6.76. The summed E-state index contributed by atoms with van der Waals surface area (Å²) in [4.78, 5) is 24.9. The monoisotopic (exact) mass is 457 g/mol. The Kier molecular flexibility index (Phi) is 5.85. The number of nitrogens with zero attached hydrogens (tertiary/aromatic N) is 1. The van der Waals surface area contributed by atoms with Crippen molar-refractivity contribution in [3.63, 3.8) is 0 Å². The van der Waals surface area contributed by atoms with Crippen LogP contribution in [0, 0.1) is 5.92 Å². The molecule has 0 spiro atoms. The van der Waals surface area contributed by atoms with Gasteiger partial charge in [-0.15, -0.1) is 0 Å². The van der Waals surface area contributed by atoms with Gasteiger partial charge >= 0.3 is 12.1 Å². The smallest absolute Gasteiger partial charge is 0.417 e. The predicted octanol–water partition coefficient (Wildman–Crippen LogP) is 5.68. The molecule has 0 amide bonds. The Morgan fingerprint density at radius 3 is 2.45 bits per heavy atom. The molecule has 1 aromatic heterocycles. The fourth-order valence-electron chi connectivity index (χ4n) is 4.98. The first kappa shape index (κ1) is 23.1. The molecule has 0 radical (unpaired) electrons. The maximum atomic E-state index is 14.4. The maximum absolute atomic E-state index is 14.4. The van der Waals surface area contributed by atoms with E-state index in [1.54, 1.807) is 36.4 Å². The molecule has 3 aromatic rings. The number of aliphatic carboxylic acids is 1. The summed E-state index contributed by atoms with van der Waals surface area (Å²) in [6.45, 7) is 1.92. The molecule has 0 saturated heterocycles. The number of hydrogen-bond donors (Lipinski definition) is 1. The molecule has 174 valence electrons. The molecule has 1 N–H and O–H groups in total. The van der Waals surface area contributed by atoms with E-state index < -0.39 is 34.6 Å². The number of carbonyl (C=O) groups is 1. The van der Waals surface area contributed by atoms with Crippen LogP contribution < -0.4 is 5.56 Å². The normalized spacial score (nSPS) is 16.0. The molecule has 4 nitrogen and oxygen atoms in total. The largest absolute Gasteiger partial charge is 0.481 e. The number of rotatable bonds is 7. The van der Waals surface area contributed by atoms with Crippen molar-refractivity contribution in [3.8, 4) is 0 Å². The molecule has 1 aliphatic carbocycles. The topological polar surface area (TPSA) is 59.3 Å². The van der Waals surface area contributed by atoms with Gasteiger partial charge in [-0.1, -0.05) is 55.8 Å². The van der Waals surface area contributed by atoms with Gasteiger partial charge in [-0.25, -0.2) is 0 Å². The first-order valence-electron chi connectivity index (χ1n) is 11.1. The number of fused-ring (bicyclic) bond motifs is 1. The Morgan fingerprint density at radius 1 is 1.15 bits per heavy atom. The first-order chi connectivity index (χ1) is 15.6. The quantitative estimate of drug-likeness (QED) is 0.497. The van der Waals surface area contributed by atoms with Crippen molar-refractivity contribution >= 4 is 16.9 Å². The van der Waals surface area contributed by atoms with Crippen molar-refractivity contribution in [2.45, 2.75) is 50.6 Å². The van der Waals surface area contributed by atoms with Crippen LogP contribution in [0.25, 0.3) is 10.9 Å². The van der Waals surface area contributed by atoms with Gasteiger partial charge in [-0.2, -0.15) is 13.2 Å². The Balaban J connectivity index is 1.89. The van der Waals surface area contributed by atoms with E-state index in [1.807, 2.05) is 6.92 Å². The lowest BCUT2D eigenvalue weighted by Gasteiger charge is -2.24. The second-order valence-electron chi connectivity index (χ2n) is 8.94. The number of pyridine rings is 1. The standard InChI is InChI=1S/C26H26F3NO3/c1-3-7-17(24(32)33)14-16-8-6-9-18(15-16)25(12-13-25)22-21(26(27,28)29)19-10-4-5-11-20(19)30(2)23(22)31/h4-6,8-11,15,17H,3,7,12-14H2,1-2H3,(H,32,33)/t17-/m0/s1. The second-order valence-corrected chi connectivity index (χ2v) is 8.94. The molecule has 4 rings (SSSR count). The van der Waals surface area contributed by atoms with Gasteiger partial charge < -0.3 is 9.67 Å². The molecule has 1 heterocycles. The highest BCUT2D eigenvalue weighted by Gasteiger charge is 2.53. The average Bonchev–Trinajstić information content (AvgIpc) is 3.57. The molecule has 0 bridgehead atoms. The van der Waals surface area contributed by atoms with Crippen LogP contribution in [0.1, 0.15) is 54.9 Å². The van der Waals surface area contributed by atoms with Gasteiger partial charge in [0.05, 0.1) is 17.0 Å². The number of para-hydroxylation sites is 1. The van der Waals surface area contributed by atoms with Crippen LogP contribution in [0.3, 0.4) is 0 Å². The van der Waals surface area contributed by atoms with Crippen molar-refractivity contribution in [3.05, 3.63) is 81.1 Å². The summed E-state index contributed by atoms with van der Waals surface area (Å²) in [7, 11) is 1.50. The minimum atomic E-state index is -4.69. The molecule has 0 unspecified atom stereocenters. The number of benzene rings is 2. The van der Waals surface area contributed by atoms with Crippen LogP contribution in [0.4, 0.5) is 13.2 Å². The highest BCUT2D eigenvalue weighted by atomic mass is 19.4. The number of alkyl halides is 3. The molecule has 1 saturated carbocycles. The van der Waals surface area contributed by atoms with Gasteiger partial charge in [0.2, 0.25) is 0 Å². The lowest BCUT2D eigenvalue weighted by atomic mass is 9.82. The van der Waals surface area contributed by atoms with Gasteiger partial charge in [-0.3, -0.25) is 9.59 Å². The summed E-state index contributed by atoms with van der Waals surface area (Å²) in [5.41, 5.74) is -1.10. The zero-order valence-electron chi connectivity index (χ0n) is 18.6. The molecular formula is C26H26F3NO3. The summed E-state index contributed by atoms with van der Waals surface area (Å²) < 4.78 is 44.4. The van der Waals surface area contributed by atoms with Crippen LogP contribution in [0.15, 0.2) is 53.3 Å². The van der Waals surface area contributed by atoms with Crippen LogP contribution in [0.2, 0.25) is 0 Å². The molecule has 1 fully saturated rings.